The van der Waals surface area contributed by atoms with Gasteiger partial charge in [0.2, 0.25) is 0 Å². The van der Waals surface area contributed by atoms with Gasteiger partial charge in [-0.05, 0) is 90.5 Å². The average molecular weight is 391 g/mol. The highest BCUT2D eigenvalue weighted by Crippen LogP contribution is 2.43. The number of carbonyl (C=O) groups is 1. The van der Waals surface area contributed by atoms with Crippen molar-refractivity contribution in [1.29, 1.82) is 0 Å². The second kappa shape index (κ2) is 7.41. The molecule has 2 aliphatic rings. The van der Waals surface area contributed by atoms with Crippen LogP contribution in [0.4, 0.5) is 0 Å². The van der Waals surface area contributed by atoms with Crippen LogP contribution in [0.2, 0.25) is 0 Å². The minimum absolute atomic E-state index is 0.110. The van der Waals surface area contributed by atoms with Gasteiger partial charge in [-0.3, -0.25) is 4.79 Å². The van der Waals surface area contributed by atoms with Crippen molar-refractivity contribution in [2.24, 2.45) is 11.7 Å². The number of fused-ring (bicyclic) bond motifs is 1. The first kappa shape index (κ1) is 18.0. The Morgan fingerprint density at radius 1 is 1.00 bits per heavy atom. The molecular weight excluding hydrogens is 364 g/mol. The molecule has 28 heavy (non-hydrogen) atoms. The molecule has 2 N–H and O–H groups in total. The van der Waals surface area contributed by atoms with Gasteiger partial charge in [0.1, 0.15) is 5.69 Å². The van der Waals surface area contributed by atoms with Gasteiger partial charge < -0.3 is 5.73 Å². The molecular formula is C24H26N2OS. The molecule has 2 aliphatic carbocycles. The maximum atomic E-state index is 13.3. The molecule has 2 fully saturated rings. The fourth-order valence-electron chi connectivity index (χ4n) is 4.67. The predicted molar refractivity (Wildman–Crippen MR) is 115 cm³/mol. The van der Waals surface area contributed by atoms with Crippen molar-refractivity contribution in [3.8, 4) is 0 Å². The van der Waals surface area contributed by atoms with Crippen LogP contribution in [-0.4, -0.2) is 10.8 Å². The number of thiophene rings is 1. The van der Waals surface area contributed by atoms with E-state index in [4.69, 9.17) is 5.73 Å². The lowest BCUT2D eigenvalue weighted by atomic mass is 9.76. The maximum Gasteiger partial charge on any atom is 0.184 e. The first-order chi connectivity index (χ1) is 13.7. The number of ketones is 1. The zero-order valence-electron chi connectivity index (χ0n) is 16.1. The van der Waals surface area contributed by atoms with Crippen LogP contribution >= 0.6 is 11.3 Å². The number of Topliss-reactive ketones (excluding diaryl/α,β-unsaturated/α-hetero) is 1. The van der Waals surface area contributed by atoms with Crippen LogP contribution < -0.4 is 5.73 Å². The molecule has 0 amide bonds. The number of nitrogens with two attached hydrogens (primary N) is 1. The molecule has 0 radical (unpaired) electrons. The van der Waals surface area contributed by atoms with Crippen molar-refractivity contribution >= 4 is 27.2 Å². The molecule has 2 heterocycles. The molecule has 0 atom stereocenters. The molecule has 0 unspecified atom stereocenters. The number of benzene rings is 1. The van der Waals surface area contributed by atoms with Gasteiger partial charge in [-0.1, -0.05) is 18.2 Å². The van der Waals surface area contributed by atoms with E-state index in [1.807, 2.05) is 6.07 Å². The van der Waals surface area contributed by atoms with Crippen LogP contribution in [0.1, 0.15) is 77.7 Å². The number of carbonyl (C=O) groups excluding carboxylic acids is 1. The summed E-state index contributed by atoms with van der Waals surface area (Å²) in [5.74, 6) is 1.47. The predicted octanol–water partition coefficient (Wildman–Crippen LogP) is 5.79. The van der Waals surface area contributed by atoms with E-state index in [9.17, 15) is 4.79 Å². The van der Waals surface area contributed by atoms with Crippen molar-refractivity contribution in [2.75, 3.05) is 0 Å². The molecule has 0 bridgehead atoms. The molecule has 0 aliphatic heterocycles. The normalized spacial score (nSPS) is 22.5. The molecule has 5 rings (SSSR count). The second-order valence-electron chi connectivity index (χ2n) is 8.35. The monoisotopic (exact) mass is 390 g/mol. The largest absolute Gasteiger partial charge is 0.325 e. The number of hydrogen-bond donors (Lipinski definition) is 1. The summed E-state index contributed by atoms with van der Waals surface area (Å²) < 4.78 is 1.35. The highest BCUT2D eigenvalue weighted by Gasteiger charge is 2.33. The lowest BCUT2D eigenvalue weighted by Crippen LogP contribution is -2.23. The third-order valence-electron chi connectivity index (χ3n) is 6.49. The molecule has 0 saturated heterocycles. The summed E-state index contributed by atoms with van der Waals surface area (Å²) in [5.41, 5.74) is 9.91. The van der Waals surface area contributed by atoms with Crippen LogP contribution in [-0.2, 0) is 6.54 Å². The smallest absolute Gasteiger partial charge is 0.184 e. The Hall–Kier alpha value is -2.04. The lowest BCUT2D eigenvalue weighted by molar-refractivity contribution is 0.0877. The van der Waals surface area contributed by atoms with E-state index in [0.29, 0.717) is 24.1 Å². The fourth-order valence-corrected chi connectivity index (χ4v) is 5.44. The van der Waals surface area contributed by atoms with Gasteiger partial charge >= 0.3 is 0 Å². The van der Waals surface area contributed by atoms with Crippen molar-refractivity contribution in [2.45, 2.75) is 56.9 Å². The van der Waals surface area contributed by atoms with Gasteiger partial charge in [0, 0.05) is 17.2 Å². The van der Waals surface area contributed by atoms with Crippen LogP contribution in [0.3, 0.4) is 0 Å². The van der Waals surface area contributed by atoms with E-state index in [-0.39, 0.29) is 11.7 Å². The summed E-state index contributed by atoms with van der Waals surface area (Å²) in [7, 11) is 0. The third kappa shape index (κ3) is 3.40. The highest BCUT2D eigenvalue weighted by atomic mass is 32.1. The molecule has 3 nitrogen and oxygen atoms in total. The van der Waals surface area contributed by atoms with E-state index in [1.165, 1.54) is 28.5 Å². The van der Waals surface area contributed by atoms with E-state index in [1.54, 1.807) is 11.3 Å². The number of hydrogen-bond acceptors (Lipinski definition) is 4. The summed E-state index contributed by atoms with van der Waals surface area (Å²) in [4.78, 5) is 18.0. The van der Waals surface area contributed by atoms with Gasteiger partial charge in [-0.15, -0.1) is 11.3 Å². The van der Waals surface area contributed by atoms with E-state index in [0.717, 1.165) is 36.9 Å². The van der Waals surface area contributed by atoms with Crippen LogP contribution in [0, 0.1) is 5.92 Å². The van der Waals surface area contributed by atoms with E-state index >= 15 is 0 Å². The molecule has 2 saturated carbocycles. The quantitative estimate of drug-likeness (QED) is 0.561. The SMILES string of the molecule is NCc1ccc(C2CC2)c(C(=O)C2CCC(c3ccc4sccc4c3)CC2)n1. The number of nitrogens with zero attached hydrogens (tertiary/aromatic N) is 1. The summed E-state index contributed by atoms with van der Waals surface area (Å²) in [6, 6.07) is 13.2. The van der Waals surface area contributed by atoms with E-state index < -0.39 is 0 Å². The van der Waals surface area contributed by atoms with Gasteiger partial charge in [-0.25, -0.2) is 4.98 Å². The minimum atomic E-state index is 0.110. The zero-order chi connectivity index (χ0) is 19.1. The minimum Gasteiger partial charge on any atom is -0.325 e. The van der Waals surface area contributed by atoms with Gasteiger partial charge in [-0.2, -0.15) is 0 Å². The Morgan fingerprint density at radius 3 is 2.54 bits per heavy atom. The summed E-state index contributed by atoms with van der Waals surface area (Å²) in [6.07, 6.45) is 6.46. The van der Waals surface area contributed by atoms with Crippen molar-refractivity contribution < 1.29 is 4.79 Å². The number of rotatable bonds is 5. The standard InChI is InChI=1S/C24H26N2OS/c25-14-20-8-9-21(16-3-4-16)23(26-20)24(27)17-5-1-15(2-6-17)18-7-10-22-19(13-18)11-12-28-22/h7-13,15-17H,1-6,14,25H2. The lowest BCUT2D eigenvalue weighted by Gasteiger charge is -2.28. The van der Waals surface area contributed by atoms with Gasteiger partial charge in [0.05, 0.1) is 5.69 Å². The number of aromatic nitrogens is 1. The first-order valence-electron chi connectivity index (χ1n) is 10.4. The van der Waals surface area contributed by atoms with Gasteiger partial charge in [0.25, 0.3) is 0 Å². The Labute approximate surface area is 170 Å². The molecule has 4 heteroatoms. The number of pyridine rings is 1. The van der Waals surface area contributed by atoms with Crippen molar-refractivity contribution in [1.82, 2.24) is 4.98 Å². The third-order valence-corrected chi connectivity index (χ3v) is 7.39. The summed E-state index contributed by atoms with van der Waals surface area (Å²) in [6.45, 7) is 0.392. The van der Waals surface area contributed by atoms with Crippen molar-refractivity contribution in [3.05, 3.63) is 64.3 Å². The molecule has 144 valence electrons. The molecule has 0 spiro atoms. The Balaban J connectivity index is 1.32. The van der Waals surface area contributed by atoms with Crippen LogP contribution in [0.5, 0.6) is 0 Å². The van der Waals surface area contributed by atoms with Crippen LogP contribution in [0.25, 0.3) is 10.1 Å². The zero-order valence-corrected chi connectivity index (χ0v) is 16.9. The van der Waals surface area contributed by atoms with E-state index in [2.05, 4.69) is 40.7 Å². The fraction of sp³-hybridized carbons (Fsp3) is 0.417. The second-order valence-corrected chi connectivity index (χ2v) is 9.30. The highest BCUT2D eigenvalue weighted by molar-refractivity contribution is 7.17. The topological polar surface area (TPSA) is 56.0 Å². The molecule has 1 aromatic carbocycles. The summed E-state index contributed by atoms with van der Waals surface area (Å²) >= 11 is 1.80. The first-order valence-corrected chi connectivity index (χ1v) is 11.3. The van der Waals surface area contributed by atoms with Crippen molar-refractivity contribution in [3.63, 3.8) is 0 Å². The van der Waals surface area contributed by atoms with Gasteiger partial charge in [0.15, 0.2) is 5.78 Å². The summed E-state index contributed by atoms with van der Waals surface area (Å²) in [5, 5.41) is 3.50. The average Bonchev–Trinajstić information content (AvgIpc) is 3.49. The maximum absolute atomic E-state index is 13.3. The van der Waals surface area contributed by atoms with Crippen LogP contribution in [0.15, 0.2) is 41.8 Å². The Bertz CT molecular complexity index is 1010. The Morgan fingerprint density at radius 2 is 1.79 bits per heavy atom. The molecule has 3 aromatic rings. The Kier molecular flexibility index (Phi) is 4.77. The molecule has 2 aromatic heterocycles.